The molecule has 0 spiro atoms. The van der Waals surface area contributed by atoms with E-state index < -0.39 is 0 Å². The van der Waals surface area contributed by atoms with Crippen LogP contribution in [0.25, 0.3) is 11.0 Å². The minimum absolute atomic E-state index is 0.0994. The van der Waals surface area contributed by atoms with Crippen molar-refractivity contribution < 1.29 is 9.32 Å². The lowest BCUT2D eigenvalue weighted by Gasteiger charge is -2.36. The van der Waals surface area contributed by atoms with Gasteiger partial charge in [0.05, 0.1) is 23.1 Å². The summed E-state index contributed by atoms with van der Waals surface area (Å²) in [5, 5.41) is 3.97. The molecule has 1 saturated heterocycles. The quantitative estimate of drug-likeness (QED) is 0.735. The zero-order chi connectivity index (χ0) is 16.7. The zero-order valence-electron chi connectivity index (χ0n) is 13.5. The summed E-state index contributed by atoms with van der Waals surface area (Å²) < 4.78 is 5.29. The van der Waals surface area contributed by atoms with Crippen LogP contribution < -0.4 is 0 Å². The Morgan fingerprint density at radius 1 is 1.21 bits per heavy atom. The minimum Gasteiger partial charge on any atom is -0.339 e. The molecule has 0 radical (unpaired) electrons. The number of likely N-dealkylation sites (tertiary alicyclic amines) is 1. The molecule has 24 heavy (non-hydrogen) atoms. The van der Waals surface area contributed by atoms with Crippen molar-refractivity contribution in [3.8, 4) is 0 Å². The molecule has 1 fully saturated rings. The molecular formula is C17H17N5O2. The van der Waals surface area contributed by atoms with E-state index in [9.17, 15) is 4.79 Å². The Hall–Kier alpha value is -2.83. The van der Waals surface area contributed by atoms with E-state index in [0.29, 0.717) is 30.5 Å². The number of rotatable bonds is 3. The lowest BCUT2D eigenvalue weighted by atomic mass is 9.99. The molecule has 0 aliphatic carbocycles. The fourth-order valence-electron chi connectivity index (χ4n) is 2.67. The van der Waals surface area contributed by atoms with Crippen LogP contribution in [0.3, 0.4) is 0 Å². The third-order valence-electron chi connectivity index (χ3n) is 4.16. The second-order valence-electron chi connectivity index (χ2n) is 6.30. The number of amides is 1. The first-order valence-corrected chi connectivity index (χ1v) is 7.96. The molecule has 3 heterocycles. The van der Waals surface area contributed by atoms with E-state index in [2.05, 4.69) is 20.1 Å². The predicted octanol–water partition coefficient (Wildman–Crippen LogP) is 2.38. The molecule has 7 nitrogen and oxygen atoms in total. The fraction of sp³-hybridized carbons (Fsp3) is 0.353. The summed E-state index contributed by atoms with van der Waals surface area (Å²) in [4.78, 5) is 27.3. The van der Waals surface area contributed by atoms with Crippen LogP contribution in [0.2, 0.25) is 0 Å². The molecule has 2 aromatic heterocycles. The van der Waals surface area contributed by atoms with E-state index in [1.54, 1.807) is 4.90 Å². The van der Waals surface area contributed by atoms with E-state index in [-0.39, 0.29) is 17.7 Å². The van der Waals surface area contributed by atoms with Gasteiger partial charge in [-0.25, -0.2) is 4.98 Å². The van der Waals surface area contributed by atoms with Gasteiger partial charge in [-0.1, -0.05) is 31.1 Å². The number of carbonyl (C=O) groups excluding carboxylic acids is 1. The second-order valence-corrected chi connectivity index (χ2v) is 6.30. The van der Waals surface area contributed by atoms with Crippen molar-refractivity contribution >= 4 is 16.9 Å². The van der Waals surface area contributed by atoms with Crippen LogP contribution in [-0.4, -0.2) is 44.0 Å². The lowest BCUT2D eigenvalue weighted by molar-refractivity contribution is 0.0563. The molecule has 7 heteroatoms. The zero-order valence-corrected chi connectivity index (χ0v) is 13.5. The average molecular weight is 323 g/mol. The summed E-state index contributed by atoms with van der Waals surface area (Å²) in [6.45, 7) is 5.16. The summed E-state index contributed by atoms with van der Waals surface area (Å²) in [6.07, 6.45) is 1.53. The van der Waals surface area contributed by atoms with Gasteiger partial charge < -0.3 is 9.42 Å². The van der Waals surface area contributed by atoms with Crippen molar-refractivity contribution in [1.82, 2.24) is 25.0 Å². The van der Waals surface area contributed by atoms with Crippen LogP contribution in [0.4, 0.5) is 0 Å². The molecule has 0 N–H and O–H groups in total. The molecule has 1 aromatic carbocycles. The number of carbonyl (C=O) groups is 1. The molecule has 3 aromatic rings. The Labute approximate surface area is 138 Å². The number of nitrogens with zero attached hydrogens (tertiary/aromatic N) is 5. The van der Waals surface area contributed by atoms with Gasteiger partial charge in [0.1, 0.15) is 5.69 Å². The van der Waals surface area contributed by atoms with Crippen molar-refractivity contribution in [3.05, 3.63) is 47.9 Å². The highest BCUT2D eigenvalue weighted by molar-refractivity contribution is 5.94. The predicted molar refractivity (Wildman–Crippen MR) is 86.6 cm³/mol. The number of hydrogen-bond acceptors (Lipinski definition) is 6. The molecule has 0 bridgehead atoms. The van der Waals surface area contributed by atoms with Crippen molar-refractivity contribution in [2.24, 2.45) is 0 Å². The SMILES string of the molecule is CC(C)c1noc(C2CN(C(=O)c3cnc4ccccc4n3)C2)n1. The molecule has 0 atom stereocenters. The normalized spacial score (nSPS) is 15.0. The first-order valence-electron chi connectivity index (χ1n) is 7.96. The topological polar surface area (TPSA) is 85.0 Å². The van der Waals surface area contributed by atoms with E-state index in [0.717, 1.165) is 11.0 Å². The summed E-state index contributed by atoms with van der Waals surface area (Å²) in [6, 6.07) is 7.50. The maximum atomic E-state index is 12.5. The maximum absolute atomic E-state index is 12.5. The molecule has 0 unspecified atom stereocenters. The van der Waals surface area contributed by atoms with E-state index in [1.165, 1.54) is 6.20 Å². The van der Waals surface area contributed by atoms with Gasteiger partial charge in [-0.15, -0.1) is 0 Å². The Kier molecular flexibility index (Phi) is 3.48. The minimum atomic E-state index is -0.117. The molecule has 1 aliphatic heterocycles. The maximum Gasteiger partial charge on any atom is 0.274 e. The summed E-state index contributed by atoms with van der Waals surface area (Å²) in [5.74, 6) is 1.52. The standard InChI is InChI=1S/C17H17N5O2/c1-10(2)15-20-16(24-21-15)11-8-22(9-11)17(23)14-7-18-12-5-3-4-6-13(12)19-14/h3-7,10-11H,8-9H2,1-2H3. The van der Waals surface area contributed by atoms with E-state index in [4.69, 9.17) is 4.52 Å². The van der Waals surface area contributed by atoms with Crippen molar-refractivity contribution in [1.29, 1.82) is 0 Å². The fourth-order valence-corrected chi connectivity index (χ4v) is 2.67. The third-order valence-corrected chi connectivity index (χ3v) is 4.16. The third kappa shape index (κ3) is 2.51. The second kappa shape index (κ2) is 5.67. The number of para-hydroxylation sites is 2. The van der Waals surface area contributed by atoms with Gasteiger partial charge in [0.2, 0.25) is 5.89 Å². The Bertz CT molecular complexity index is 899. The van der Waals surface area contributed by atoms with Gasteiger partial charge in [0, 0.05) is 19.0 Å². The first-order chi connectivity index (χ1) is 11.6. The Morgan fingerprint density at radius 2 is 1.96 bits per heavy atom. The molecule has 0 saturated carbocycles. The molecule has 122 valence electrons. The molecule has 1 aliphatic rings. The van der Waals surface area contributed by atoms with Crippen LogP contribution in [-0.2, 0) is 0 Å². The van der Waals surface area contributed by atoms with Crippen LogP contribution in [0.15, 0.2) is 35.0 Å². The first kappa shape index (κ1) is 14.7. The van der Waals surface area contributed by atoms with Gasteiger partial charge in [-0.05, 0) is 12.1 Å². The van der Waals surface area contributed by atoms with E-state index >= 15 is 0 Å². The van der Waals surface area contributed by atoms with Crippen LogP contribution >= 0.6 is 0 Å². The number of hydrogen-bond donors (Lipinski definition) is 0. The smallest absolute Gasteiger partial charge is 0.274 e. The highest BCUT2D eigenvalue weighted by Gasteiger charge is 2.36. The van der Waals surface area contributed by atoms with Gasteiger partial charge >= 0.3 is 0 Å². The molecule has 1 amide bonds. The monoisotopic (exact) mass is 323 g/mol. The van der Waals surface area contributed by atoms with Gasteiger partial charge in [-0.2, -0.15) is 4.98 Å². The van der Waals surface area contributed by atoms with E-state index in [1.807, 2.05) is 38.1 Å². The summed E-state index contributed by atoms with van der Waals surface area (Å²) in [5.41, 5.74) is 1.86. The van der Waals surface area contributed by atoms with Gasteiger partial charge in [0.25, 0.3) is 5.91 Å². The van der Waals surface area contributed by atoms with Crippen molar-refractivity contribution in [2.45, 2.75) is 25.7 Å². The number of fused-ring (bicyclic) bond motifs is 1. The highest BCUT2D eigenvalue weighted by atomic mass is 16.5. The Balaban J connectivity index is 1.46. The van der Waals surface area contributed by atoms with Crippen molar-refractivity contribution in [3.63, 3.8) is 0 Å². The van der Waals surface area contributed by atoms with Crippen LogP contribution in [0, 0.1) is 0 Å². The van der Waals surface area contributed by atoms with Crippen LogP contribution in [0.1, 0.15) is 47.9 Å². The summed E-state index contributed by atoms with van der Waals surface area (Å²) in [7, 11) is 0. The lowest BCUT2D eigenvalue weighted by Crippen LogP contribution is -2.48. The summed E-state index contributed by atoms with van der Waals surface area (Å²) >= 11 is 0. The van der Waals surface area contributed by atoms with Gasteiger partial charge in [0.15, 0.2) is 5.82 Å². The highest BCUT2D eigenvalue weighted by Crippen LogP contribution is 2.28. The largest absolute Gasteiger partial charge is 0.339 e. The van der Waals surface area contributed by atoms with Crippen molar-refractivity contribution in [2.75, 3.05) is 13.1 Å². The van der Waals surface area contributed by atoms with Gasteiger partial charge in [-0.3, -0.25) is 9.78 Å². The number of benzene rings is 1. The van der Waals surface area contributed by atoms with Crippen LogP contribution in [0.5, 0.6) is 0 Å². The Morgan fingerprint density at radius 3 is 2.67 bits per heavy atom. The number of aromatic nitrogens is 4. The molecule has 4 rings (SSSR count). The average Bonchev–Trinajstić information content (AvgIpc) is 3.03. The molecular weight excluding hydrogens is 306 g/mol.